The number of aromatic amines is 1. The van der Waals surface area contributed by atoms with Gasteiger partial charge in [0.25, 0.3) is 0 Å². The van der Waals surface area contributed by atoms with E-state index in [0.717, 1.165) is 0 Å². The maximum Gasteiger partial charge on any atom is 0.438 e. The summed E-state index contributed by atoms with van der Waals surface area (Å²) in [4.78, 5) is 16.7. The van der Waals surface area contributed by atoms with Crippen LogP contribution in [0.3, 0.4) is 0 Å². The molecule has 0 saturated heterocycles. The number of hydrogen-bond donors (Lipinski definition) is 2. The average molecular weight is 196 g/mol. The van der Waals surface area contributed by atoms with Crippen LogP contribution in [0.5, 0.6) is 0 Å². The molecule has 2 aromatic rings. The van der Waals surface area contributed by atoms with Crippen molar-refractivity contribution in [3.05, 3.63) is 22.7 Å². The predicted molar refractivity (Wildman–Crippen MR) is 45.3 cm³/mol. The topological polar surface area (TPSA) is 116 Å². The van der Waals surface area contributed by atoms with Crippen LogP contribution in [-0.4, -0.2) is 24.9 Å². The molecule has 0 amide bonds. The molecule has 74 valence electrons. The van der Waals surface area contributed by atoms with E-state index in [1.54, 1.807) is 4.68 Å². The number of aryl methyl sites for hydroxylation is 2. The normalized spacial score (nSPS) is 10.6. The van der Waals surface area contributed by atoms with E-state index in [9.17, 15) is 4.79 Å². The second-order valence-corrected chi connectivity index (χ2v) is 2.66. The number of aromatic nitrogens is 5. The third kappa shape index (κ3) is 1.79. The SMILES string of the molecule is Nc1ncn(CCc2noc(=O)[nH]2)n1. The summed E-state index contributed by atoms with van der Waals surface area (Å²) in [5.74, 6) is 0.140. The van der Waals surface area contributed by atoms with Crippen LogP contribution in [0.15, 0.2) is 15.6 Å². The van der Waals surface area contributed by atoms with Crippen molar-refractivity contribution < 1.29 is 4.52 Å². The highest BCUT2D eigenvalue weighted by Gasteiger charge is 2.01. The van der Waals surface area contributed by atoms with Crippen LogP contribution in [0.2, 0.25) is 0 Å². The standard InChI is InChI=1S/C6H8N6O2/c7-5-8-3-12(10-5)2-1-4-9-6(13)14-11-4/h3H,1-2H2,(H2,7,10)(H,9,11,13). The van der Waals surface area contributed by atoms with E-state index in [0.29, 0.717) is 18.8 Å². The highest BCUT2D eigenvalue weighted by atomic mass is 16.5. The zero-order valence-electron chi connectivity index (χ0n) is 7.17. The van der Waals surface area contributed by atoms with Gasteiger partial charge in [-0.3, -0.25) is 14.2 Å². The minimum atomic E-state index is -0.557. The van der Waals surface area contributed by atoms with Gasteiger partial charge in [0.05, 0.1) is 0 Å². The van der Waals surface area contributed by atoms with Crippen LogP contribution in [0.1, 0.15) is 5.82 Å². The Kier molecular flexibility index (Phi) is 2.01. The minimum absolute atomic E-state index is 0.221. The molecule has 0 aromatic carbocycles. The van der Waals surface area contributed by atoms with Gasteiger partial charge in [-0.25, -0.2) is 9.78 Å². The third-order valence-corrected chi connectivity index (χ3v) is 1.62. The molecule has 0 aliphatic rings. The average Bonchev–Trinajstić information content (AvgIpc) is 2.72. The number of H-pyrrole nitrogens is 1. The second kappa shape index (κ2) is 3.32. The van der Waals surface area contributed by atoms with Crippen LogP contribution < -0.4 is 11.5 Å². The summed E-state index contributed by atoms with van der Waals surface area (Å²) in [5.41, 5.74) is 5.32. The zero-order chi connectivity index (χ0) is 9.97. The fourth-order valence-electron chi connectivity index (χ4n) is 1.01. The number of anilines is 1. The molecular weight excluding hydrogens is 188 g/mol. The van der Waals surface area contributed by atoms with E-state index in [4.69, 9.17) is 5.73 Å². The van der Waals surface area contributed by atoms with Crippen LogP contribution in [0.4, 0.5) is 5.95 Å². The first-order valence-electron chi connectivity index (χ1n) is 3.94. The van der Waals surface area contributed by atoms with Crippen LogP contribution in [0, 0.1) is 0 Å². The monoisotopic (exact) mass is 196 g/mol. The van der Waals surface area contributed by atoms with Gasteiger partial charge in [0, 0.05) is 13.0 Å². The molecule has 0 saturated carbocycles. The van der Waals surface area contributed by atoms with Crippen LogP contribution >= 0.6 is 0 Å². The molecule has 8 heteroatoms. The summed E-state index contributed by atoms with van der Waals surface area (Å²) in [6.45, 7) is 0.534. The lowest BCUT2D eigenvalue weighted by Crippen LogP contribution is -2.05. The number of nitrogen functional groups attached to an aromatic ring is 1. The smallest absolute Gasteiger partial charge is 0.367 e. The Hall–Kier alpha value is -2.12. The Morgan fingerprint density at radius 3 is 3.07 bits per heavy atom. The van der Waals surface area contributed by atoms with Crippen molar-refractivity contribution in [3.63, 3.8) is 0 Å². The van der Waals surface area contributed by atoms with Crippen molar-refractivity contribution in [1.82, 2.24) is 24.9 Å². The summed E-state index contributed by atoms with van der Waals surface area (Å²) >= 11 is 0. The maximum atomic E-state index is 10.6. The van der Waals surface area contributed by atoms with Crippen molar-refractivity contribution in [1.29, 1.82) is 0 Å². The lowest BCUT2D eigenvalue weighted by Gasteiger charge is -1.94. The Bertz CT molecular complexity index is 468. The van der Waals surface area contributed by atoms with Gasteiger partial charge in [-0.2, -0.15) is 0 Å². The van der Waals surface area contributed by atoms with Gasteiger partial charge in [-0.05, 0) is 0 Å². The fourth-order valence-corrected chi connectivity index (χ4v) is 1.01. The number of nitrogens with one attached hydrogen (secondary N) is 1. The molecule has 0 bridgehead atoms. The molecule has 0 spiro atoms. The summed E-state index contributed by atoms with van der Waals surface area (Å²) < 4.78 is 5.88. The molecule has 0 atom stereocenters. The quantitative estimate of drug-likeness (QED) is 0.635. The van der Waals surface area contributed by atoms with Crippen LogP contribution in [-0.2, 0) is 13.0 Å². The van der Waals surface area contributed by atoms with Crippen LogP contribution in [0.25, 0.3) is 0 Å². The largest absolute Gasteiger partial charge is 0.438 e. The predicted octanol–water partition coefficient (Wildman–Crippen LogP) is -1.22. The molecule has 2 heterocycles. The molecule has 0 fully saturated rings. The highest BCUT2D eigenvalue weighted by molar-refractivity contribution is 5.09. The molecule has 2 rings (SSSR count). The van der Waals surface area contributed by atoms with Gasteiger partial charge in [-0.1, -0.05) is 5.16 Å². The second-order valence-electron chi connectivity index (χ2n) is 2.66. The molecule has 14 heavy (non-hydrogen) atoms. The molecule has 8 nitrogen and oxygen atoms in total. The number of hydrogen-bond acceptors (Lipinski definition) is 6. The van der Waals surface area contributed by atoms with E-state index in [2.05, 4.69) is 24.7 Å². The third-order valence-electron chi connectivity index (χ3n) is 1.62. The summed E-state index contributed by atoms with van der Waals surface area (Å²) in [6.07, 6.45) is 2.02. The van der Waals surface area contributed by atoms with Gasteiger partial charge in [-0.15, -0.1) is 5.10 Å². The highest BCUT2D eigenvalue weighted by Crippen LogP contribution is 1.93. The van der Waals surface area contributed by atoms with Crippen molar-refractivity contribution in [2.24, 2.45) is 0 Å². The first-order chi connectivity index (χ1) is 6.74. The van der Waals surface area contributed by atoms with Crippen molar-refractivity contribution in [3.8, 4) is 0 Å². The van der Waals surface area contributed by atoms with Gasteiger partial charge < -0.3 is 5.73 Å². The molecule has 3 N–H and O–H groups in total. The van der Waals surface area contributed by atoms with Gasteiger partial charge >= 0.3 is 5.76 Å². The number of nitrogens with two attached hydrogens (primary N) is 1. The van der Waals surface area contributed by atoms with Crippen molar-refractivity contribution in [2.45, 2.75) is 13.0 Å². The lowest BCUT2D eigenvalue weighted by atomic mass is 10.4. The summed E-state index contributed by atoms with van der Waals surface area (Å²) in [6, 6.07) is 0. The number of rotatable bonds is 3. The van der Waals surface area contributed by atoms with Gasteiger partial charge in [0.2, 0.25) is 5.95 Å². The first kappa shape index (κ1) is 8.48. The van der Waals surface area contributed by atoms with Gasteiger partial charge in [0.15, 0.2) is 5.82 Å². The van der Waals surface area contributed by atoms with Gasteiger partial charge in [0.1, 0.15) is 6.33 Å². The molecular formula is C6H8N6O2. The molecule has 0 aliphatic carbocycles. The molecule has 0 radical (unpaired) electrons. The Balaban J connectivity index is 1.98. The fraction of sp³-hybridized carbons (Fsp3) is 0.333. The maximum absolute atomic E-state index is 10.6. The Morgan fingerprint density at radius 1 is 1.64 bits per heavy atom. The Labute approximate surface area is 77.7 Å². The van der Waals surface area contributed by atoms with E-state index < -0.39 is 5.76 Å². The van der Waals surface area contributed by atoms with E-state index in [-0.39, 0.29) is 5.95 Å². The zero-order valence-corrected chi connectivity index (χ0v) is 7.17. The van der Waals surface area contributed by atoms with E-state index >= 15 is 0 Å². The summed E-state index contributed by atoms with van der Waals surface area (Å²) in [7, 11) is 0. The van der Waals surface area contributed by atoms with Crippen molar-refractivity contribution in [2.75, 3.05) is 5.73 Å². The molecule has 2 aromatic heterocycles. The van der Waals surface area contributed by atoms with E-state index in [1.165, 1.54) is 6.33 Å². The van der Waals surface area contributed by atoms with E-state index in [1.807, 2.05) is 0 Å². The van der Waals surface area contributed by atoms with Crippen molar-refractivity contribution >= 4 is 5.95 Å². The lowest BCUT2D eigenvalue weighted by molar-refractivity contribution is 0.379. The minimum Gasteiger partial charge on any atom is -0.367 e. The summed E-state index contributed by atoms with van der Waals surface area (Å²) in [5, 5.41) is 7.37. The molecule has 0 unspecified atom stereocenters. The molecule has 0 aliphatic heterocycles. The Morgan fingerprint density at radius 2 is 2.50 bits per heavy atom. The number of nitrogens with zero attached hydrogens (tertiary/aromatic N) is 4. The first-order valence-corrected chi connectivity index (χ1v) is 3.94.